The summed E-state index contributed by atoms with van der Waals surface area (Å²) < 4.78 is 56.7. The Kier molecular flexibility index (Phi) is 6.05. The molecule has 1 atom stereocenters. The van der Waals surface area contributed by atoms with E-state index >= 15 is 0 Å². The first-order chi connectivity index (χ1) is 14.4. The van der Waals surface area contributed by atoms with Crippen molar-refractivity contribution < 1.29 is 26.4 Å². The number of carbonyl (C=O) groups is 1. The molecule has 1 N–H and O–H groups in total. The second-order valence-corrected chi connectivity index (χ2v) is 11.6. The summed E-state index contributed by atoms with van der Waals surface area (Å²) >= 11 is 0. The number of rotatable bonds is 6. The highest BCUT2D eigenvalue weighted by atomic mass is 32.2. The third-order valence-electron chi connectivity index (χ3n) is 5.05. The highest BCUT2D eigenvalue weighted by Gasteiger charge is 2.33. The molecular formula is C20H25N3O6S2. The van der Waals surface area contributed by atoms with Crippen LogP contribution < -0.4 is 14.4 Å². The van der Waals surface area contributed by atoms with E-state index in [-0.39, 0.29) is 16.6 Å². The van der Waals surface area contributed by atoms with E-state index in [1.54, 1.807) is 12.1 Å². The summed E-state index contributed by atoms with van der Waals surface area (Å²) in [5.74, 6) is -0.157. The van der Waals surface area contributed by atoms with E-state index in [1.165, 1.54) is 49.8 Å². The molecule has 0 saturated carbocycles. The molecule has 0 aromatic heterocycles. The molecule has 0 bridgehead atoms. The molecule has 9 nitrogen and oxygen atoms in total. The van der Waals surface area contributed by atoms with Gasteiger partial charge < -0.3 is 10.1 Å². The molecule has 11 heteroatoms. The van der Waals surface area contributed by atoms with Crippen LogP contribution in [0.2, 0.25) is 0 Å². The van der Waals surface area contributed by atoms with Gasteiger partial charge in [-0.2, -0.15) is 0 Å². The van der Waals surface area contributed by atoms with Gasteiger partial charge in [-0.15, -0.1) is 0 Å². The molecule has 1 heterocycles. The zero-order valence-corrected chi connectivity index (χ0v) is 19.5. The molecule has 0 radical (unpaired) electrons. The Bertz CT molecular complexity index is 1240. The van der Waals surface area contributed by atoms with E-state index in [1.807, 2.05) is 6.92 Å². The van der Waals surface area contributed by atoms with Crippen LogP contribution in [0.1, 0.15) is 22.8 Å². The lowest BCUT2D eigenvalue weighted by Crippen LogP contribution is -2.34. The Labute approximate surface area is 182 Å². The molecule has 168 valence electrons. The van der Waals surface area contributed by atoms with Gasteiger partial charge >= 0.3 is 0 Å². The number of benzene rings is 2. The van der Waals surface area contributed by atoms with E-state index in [2.05, 4.69) is 5.32 Å². The van der Waals surface area contributed by atoms with Crippen molar-refractivity contribution in [1.82, 2.24) is 4.31 Å². The number of methoxy groups -OCH3 is 1. The zero-order valence-electron chi connectivity index (χ0n) is 17.9. The molecule has 1 unspecified atom stereocenters. The minimum Gasteiger partial charge on any atom is -0.495 e. The molecule has 0 spiro atoms. The monoisotopic (exact) mass is 467 g/mol. The molecule has 31 heavy (non-hydrogen) atoms. The van der Waals surface area contributed by atoms with Gasteiger partial charge in [-0.25, -0.2) is 21.1 Å². The number of amides is 1. The number of carbonyl (C=O) groups excluding carboxylic acids is 1. The molecule has 2 aromatic carbocycles. The predicted octanol–water partition coefficient (Wildman–Crippen LogP) is 1.91. The number of nitrogens with zero attached hydrogens (tertiary/aromatic N) is 2. The molecule has 0 aliphatic carbocycles. The predicted molar refractivity (Wildman–Crippen MR) is 119 cm³/mol. The Balaban J connectivity index is 1.94. The van der Waals surface area contributed by atoms with Crippen LogP contribution in [0.4, 0.5) is 11.4 Å². The van der Waals surface area contributed by atoms with E-state index in [4.69, 9.17) is 4.74 Å². The third-order valence-corrected chi connectivity index (χ3v) is 8.13. The first-order valence-electron chi connectivity index (χ1n) is 9.40. The number of anilines is 2. The van der Waals surface area contributed by atoms with Crippen molar-refractivity contribution in [3.05, 3.63) is 47.5 Å². The van der Waals surface area contributed by atoms with Gasteiger partial charge in [0, 0.05) is 25.7 Å². The Morgan fingerprint density at radius 2 is 1.81 bits per heavy atom. The number of sulfonamides is 2. The molecule has 2 aromatic rings. The summed E-state index contributed by atoms with van der Waals surface area (Å²) in [4.78, 5) is 12.9. The number of ether oxygens (including phenoxy) is 1. The van der Waals surface area contributed by atoms with Gasteiger partial charge in [0.1, 0.15) is 5.75 Å². The second kappa shape index (κ2) is 8.13. The lowest BCUT2D eigenvalue weighted by molar-refractivity contribution is 0.102. The fraction of sp³-hybridized carbons (Fsp3) is 0.350. The third kappa shape index (κ3) is 4.39. The van der Waals surface area contributed by atoms with Crippen molar-refractivity contribution in [3.8, 4) is 5.75 Å². The van der Waals surface area contributed by atoms with Gasteiger partial charge in [0.2, 0.25) is 20.0 Å². The smallest absolute Gasteiger partial charge is 0.255 e. The van der Waals surface area contributed by atoms with Crippen molar-refractivity contribution in [2.75, 3.05) is 37.1 Å². The first-order valence-corrected chi connectivity index (χ1v) is 12.7. The van der Waals surface area contributed by atoms with Crippen LogP contribution in [0.15, 0.2) is 41.3 Å². The van der Waals surface area contributed by atoms with Crippen LogP contribution >= 0.6 is 0 Å². The number of hydrogen-bond acceptors (Lipinski definition) is 6. The molecule has 1 aliphatic heterocycles. The first kappa shape index (κ1) is 23.0. The van der Waals surface area contributed by atoms with E-state index < -0.39 is 26.0 Å². The van der Waals surface area contributed by atoms with Crippen LogP contribution in [0.25, 0.3) is 0 Å². The summed E-state index contributed by atoms with van der Waals surface area (Å²) in [6, 6.07) is 8.78. The van der Waals surface area contributed by atoms with Crippen LogP contribution in [0.5, 0.6) is 5.75 Å². The average molecular weight is 468 g/mol. The van der Waals surface area contributed by atoms with E-state index in [0.717, 1.165) is 16.1 Å². The Morgan fingerprint density at radius 1 is 1.13 bits per heavy atom. The second-order valence-electron chi connectivity index (χ2n) is 7.56. The Hall–Kier alpha value is -2.63. The number of hydrogen-bond donors (Lipinski definition) is 1. The minimum absolute atomic E-state index is 0.0140. The van der Waals surface area contributed by atoms with Crippen LogP contribution in [-0.4, -0.2) is 60.6 Å². The van der Waals surface area contributed by atoms with Crippen molar-refractivity contribution in [2.24, 2.45) is 0 Å². The maximum Gasteiger partial charge on any atom is 0.255 e. The summed E-state index contributed by atoms with van der Waals surface area (Å²) in [6.45, 7) is 1.81. The highest BCUT2D eigenvalue weighted by molar-refractivity contribution is 7.92. The average Bonchev–Trinajstić information content (AvgIpc) is 3.02. The van der Waals surface area contributed by atoms with Gasteiger partial charge in [0.05, 0.1) is 29.6 Å². The highest BCUT2D eigenvalue weighted by Crippen LogP contribution is 2.35. The van der Waals surface area contributed by atoms with Crippen LogP contribution in [0, 0.1) is 0 Å². The van der Waals surface area contributed by atoms with Gasteiger partial charge in [0.25, 0.3) is 5.91 Å². The van der Waals surface area contributed by atoms with Crippen molar-refractivity contribution in [3.63, 3.8) is 0 Å². The number of fused-ring (bicyclic) bond motifs is 1. The molecule has 0 fully saturated rings. The van der Waals surface area contributed by atoms with E-state index in [0.29, 0.717) is 23.4 Å². The Morgan fingerprint density at radius 3 is 2.39 bits per heavy atom. The molecule has 1 amide bonds. The quantitative estimate of drug-likeness (QED) is 0.694. The maximum atomic E-state index is 12.9. The normalized spacial score (nSPS) is 16.3. The summed E-state index contributed by atoms with van der Waals surface area (Å²) in [6.07, 6.45) is 1.64. The molecule has 3 rings (SSSR count). The van der Waals surface area contributed by atoms with Crippen LogP contribution in [-0.2, 0) is 26.5 Å². The summed E-state index contributed by atoms with van der Waals surface area (Å²) in [7, 11) is -2.86. The SMILES string of the molecule is COc1ccc(S(=O)(=O)N(C)C)cc1NC(=O)c1ccc2c(c1)CC(C)N2S(C)(=O)=O. The lowest BCUT2D eigenvalue weighted by atomic mass is 10.1. The molecular weight excluding hydrogens is 442 g/mol. The van der Waals surface area contributed by atoms with Crippen molar-refractivity contribution in [2.45, 2.75) is 24.3 Å². The summed E-state index contributed by atoms with van der Waals surface area (Å²) in [5.41, 5.74) is 1.84. The lowest BCUT2D eigenvalue weighted by Gasteiger charge is -2.22. The van der Waals surface area contributed by atoms with Gasteiger partial charge in [-0.3, -0.25) is 9.10 Å². The van der Waals surface area contributed by atoms with Gasteiger partial charge in [-0.1, -0.05) is 0 Å². The van der Waals surface area contributed by atoms with Crippen LogP contribution in [0.3, 0.4) is 0 Å². The largest absolute Gasteiger partial charge is 0.495 e. The topological polar surface area (TPSA) is 113 Å². The number of nitrogens with one attached hydrogen (secondary N) is 1. The minimum atomic E-state index is -3.70. The zero-order chi connectivity index (χ0) is 23.1. The van der Waals surface area contributed by atoms with Gasteiger partial charge in [0.15, 0.2) is 0 Å². The fourth-order valence-electron chi connectivity index (χ4n) is 3.60. The van der Waals surface area contributed by atoms with E-state index in [9.17, 15) is 21.6 Å². The summed E-state index contributed by atoms with van der Waals surface area (Å²) in [5, 5.41) is 2.69. The van der Waals surface area contributed by atoms with Crippen molar-refractivity contribution in [1.29, 1.82) is 0 Å². The van der Waals surface area contributed by atoms with Crippen molar-refractivity contribution >= 4 is 37.3 Å². The fourth-order valence-corrected chi connectivity index (χ4v) is 5.79. The standard InChI is InChI=1S/C20H25N3O6S2/c1-13-10-15-11-14(6-8-18(15)23(13)30(5,25)26)20(24)21-17-12-16(7-9-19(17)29-4)31(27,28)22(2)3/h6-9,11-13H,10H2,1-5H3,(H,21,24). The van der Waals surface area contributed by atoms with Gasteiger partial charge in [-0.05, 0) is 55.3 Å². The maximum absolute atomic E-state index is 12.9. The molecule has 0 saturated heterocycles. The molecule has 1 aliphatic rings.